The van der Waals surface area contributed by atoms with Crippen LogP contribution in [0.5, 0.6) is 0 Å². The summed E-state index contributed by atoms with van der Waals surface area (Å²) in [4.78, 5) is 19.1. The third-order valence-corrected chi connectivity index (χ3v) is 5.71. The SMILES string of the molecule is CC1CCN(Cc2nnnn2CC(=O)N(C)CC2CCCN2C)CC1. The molecule has 3 rings (SSSR count). The van der Waals surface area contributed by atoms with E-state index in [0.29, 0.717) is 6.04 Å². The lowest BCUT2D eigenvalue weighted by molar-refractivity contribution is -0.131. The van der Waals surface area contributed by atoms with Gasteiger partial charge in [-0.3, -0.25) is 9.69 Å². The number of aromatic nitrogens is 4. The van der Waals surface area contributed by atoms with Crippen LogP contribution in [0.25, 0.3) is 0 Å². The fourth-order valence-electron chi connectivity index (χ4n) is 3.76. The summed E-state index contributed by atoms with van der Waals surface area (Å²) in [6, 6.07) is 0.470. The molecule has 0 radical (unpaired) electrons. The molecule has 1 aromatic heterocycles. The smallest absolute Gasteiger partial charge is 0.244 e. The molecule has 1 aromatic rings. The maximum absolute atomic E-state index is 12.6. The van der Waals surface area contributed by atoms with Crippen molar-refractivity contribution in [3.63, 3.8) is 0 Å². The molecule has 2 saturated heterocycles. The van der Waals surface area contributed by atoms with E-state index in [0.717, 1.165) is 50.9 Å². The molecule has 2 aliphatic rings. The average molecular weight is 349 g/mol. The van der Waals surface area contributed by atoms with Crippen LogP contribution in [0, 0.1) is 5.92 Å². The third kappa shape index (κ3) is 4.76. The average Bonchev–Trinajstić information content (AvgIpc) is 3.19. The van der Waals surface area contributed by atoms with Gasteiger partial charge in [0, 0.05) is 19.6 Å². The highest BCUT2D eigenvalue weighted by molar-refractivity contribution is 5.75. The Labute approximate surface area is 150 Å². The Morgan fingerprint density at radius 3 is 2.68 bits per heavy atom. The Bertz CT molecular complexity index is 567. The van der Waals surface area contributed by atoms with Gasteiger partial charge in [-0.25, -0.2) is 4.68 Å². The second-order valence-electron chi connectivity index (χ2n) is 7.76. The van der Waals surface area contributed by atoms with Gasteiger partial charge in [0.1, 0.15) is 6.54 Å². The molecule has 0 N–H and O–H groups in total. The number of carbonyl (C=O) groups is 1. The van der Waals surface area contributed by atoms with Crippen molar-refractivity contribution in [3.05, 3.63) is 5.82 Å². The maximum atomic E-state index is 12.6. The number of hydrogen-bond donors (Lipinski definition) is 0. The zero-order chi connectivity index (χ0) is 17.8. The summed E-state index contributed by atoms with van der Waals surface area (Å²) in [5.41, 5.74) is 0. The first-order valence-electron chi connectivity index (χ1n) is 9.44. The number of amides is 1. The molecule has 8 heteroatoms. The summed E-state index contributed by atoms with van der Waals surface area (Å²) < 4.78 is 1.66. The van der Waals surface area contributed by atoms with Crippen LogP contribution in [-0.2, 0) is 17.9 Å². The van der Waals surface area contributed by atoms with Crippen molar-refractivity contribution >= 4 is 5.91 Å². The van der Waals surface area contributed by atoms with E-state index in [1.165, 1.54) is 19.3 Å². The van der Waals surface area contributed by atoms with Gasteiger partial charge in [0.15, 0.2) is 5.82 Å². The van der Waals surface area contributed by atoms with Gasteiger partial charge in [-0.15, -0.1) is 5.10 Å². The van der Waals surface area contributed by atoms with Crippen LogP contribution >= 0.6 is 0 Å². The summed E-state index contributed by atoms with van der Waals surface area (Å²) in [7, 11) is 4.01. The maximum Gasteiger partial charge on any atom is 0.244 e. The van der Waals surface area contributed by atoms with Crippen LogP contribution in [0.2, 0.25) is 0 Å². The number of tetrazole rings is 1. The minimum Gasteiger partial charge on any atom is -0.343 e. The van der Waals surface area contributed by atoms with Gasteiger partial charge in [0.2, 0.25) is 5.91 Å². The highest BCUT2D eigenvalue weighted by Crippen LogP contribution is 2.18. The highest BCUT2D eigenvalue weighted by atomic mass is 16.2. The number of carbonyl (C=O) groups excluding carboxylic acids is 1. The van der Waals surface area contributed by atoms with Crippen molar-refractivity contribution < 1.29 is 4.79 Å². The van der Waals surface area contributed by atoms with E-state index in [1.54, 1.807) is 4.68 Å². The van der Waals surface area contributed by atoms with E-state index >= 15 is 0 Å². The normalized spacial score (nSPS) is 23.2. The minimum atomic E-state index is 0.0705. The van der Waals surface area contributed by atoms with Gasteiger partial charge in [-0.05, 0) is 68.7 Å². The zero-order valence-corrected chi connectivity index (χ0v) is 15.8. The predicted molar refractivity (Wildman–Crippen MR) is 94.8 cm³/mol. The Kier molecular flexibility index (Phi) is 6.01. The Balaban J connectivity index is 1.52. The van der Waals surface area contributed by atoms with Crippen LogP contribution in [0.15, 0.2) is 0 Å². The van der Waals surface area contributed by atoms with Crippen LogP contribution in [0.3, 0.4) is 0 Å². The molecule has 1 unspecified atom stereocenters. The largest absolute Gasteiger partial charge is 0.343 e. The second-order valence-corrected chi connectivity index (χ2v) is 7.76. The molecule has 2 fully saturated rings. The van der Waals surface area contributed by atoms with Crippen molar-refractivity contribution in [1.82, 2.24) is 34.9 Å². The van der Waals surface area contributed by atoms with E-state index in [-0.39, 0.29) is 12.5 Å². The monoisotopic (exact) mass is 349 g/mol. The number of piperidine rings is 1. The first-order valence-corrected chi connectivity index (χ1v) is 9.44. The molecular formula is C17H31N7O. The van der Waals surface area contributed by atoms with Gasteiger partial charge in [0.05, 0.1) is 6.54 Å². The zero-order valence-electron chi connectivity index (χ0n) is 15.8. The predicted octanol–water partition coefficient (Wildman–Crippen LogP) is 0.458. The van der Waals surface area contributed by atoms with E-state index in [9.17, 15) is 4.79 Å². The quantitative estimate of drug-likeness (QED) is 0.743. The van der Waals surface area contributed by atoms with Gasteiger partial charge >= 0.3 is 0 Å². The lowest BCUT2D eigenvalue weighted by Gasteiger charge is -2.29. The number of likely N-dealkylation sites (tertiary alicyclic amines) is 2. The molecule has 0 saturated carbocycles. The van der Waals surface area contributed by atoms with Crippen molar-refractivity contribution in [2.24, 2.45) is 5.92 Å². The van der Waals surface area contributed by atoms with E-state index in [4.69, 9.17) is 0 Å². The van der Waals surface area contributed by atoms with Gasteiger partial charge < -0.3 is 9.80 Å². The molecule has 0 aliphatic carbocycles. The molecule has 0 bridgehead atoms. The Hall–Kier alpha value is -1.54. The van der Waals surface area contributed by atoms with Crippen LogP contribution in [0.1, 0.15) is 38.4 Å². The molecule has 1 amide bonds. The molecular weight excluding hydrogens is 318 g/mol. The number of hydrogen-bond acceptors (Lipinski definition) is 6. The lowest BCUT2D eigenvalue weighted by atomic mass is 9.99. The first-order chi connectivity index (χ1) is 12.0. The number of likely N-dealkylation sites (N-methyl/N-ethyl adjacent to an activating group) is 2. The summed E-state index contributed by atoms with van der Waals surface area (Å²) >= 11 is 0. The highest BCUT2D eigenvalue weighted by Gasteiger charge is 2.25. The van der Waals surface area contributed by atoms with E-state index in [2.05, 4.69) is 39.3 Å². The van der Waals surface area contributed by atoms with Crippen LogP contribution in [0.4, 0.5) is 0 Å². The molecule has 0 spiro atoms. The van der Waals surface area contributed by atoms with Crippen molar-refractivity contribution in [1.29, 1.82) is 0 Å². The molecule has 1 atom stereocenters. The third-order valence-electron chi connectivity index (χ3n) is 5.71. The van der Waals surface area contributed by atoms with Gasteiger partial charge in [-0.1, -0.05) is 6.92 Å². The van der Waals surface area contributed by atoms with E-state index < -0.39 is 0 Å². The standard InChI is InChI=1S/C17H31N7O/c1-14-6-9-23(10-7-14)12-16-18-19-20-24(16)13-17(25)22(3)11-15-5-4-8-21(15)2/h14-15H,4-13H2,1-3H3. The fraction of sp³-hybridized carbons (Fsp3) is 0.882. The molecule has 25 heavy (non-hydrogen) atoms. The Morgan fingerprint density at radius 1 is 1.24 bits per heavy atom. The first kappa shape index (κ1) is 18.3. The van der Waals surface area contributed by atoms with Crippen molar-refractivity contribution in [2.75, 3.05) is 40.3 Å². The van der Waals surface area contributed by atoms with Crippen LogP contribution in [-0.4, -0.2) is 87.1 Å². The fourth-order valence-corrected chi connectivity index (χ4v) is 3.76. The van der Waals surface area contributed by atoms with Gasteiger partial charge in [0.25, 0.3) is 0 Å². The molecule has 3 heterocycles. The topological polar surface area (TPSA) is 70.4 Å². The summed E-state index contributed by atoms with van der Waals surface area (Å²) in [5.74, 6) is 1.66. The second kappa shape index (κ2) is 8.23. The Morgan fingerprint density at radius 2 is 2.00 bits per heavy atom. The minimum absolute atomic E-state index is 0.0705. The summed E-state index contributed by atoms with van der Waals surface area (Å²) in [6.07, 6.45) is 4.82. The summed E-state index contributed by atoms with van der Waals surface area (Å²) in [6.45, 7) is 7.31. The van der Waals surface area contributed by atoms with Crippen LogP contribution < -0.4 is 0 Å². The molecule has 2 aliphatic heterocycles. The van der Waals surface area contributed by atoms with Crippen molar-refractivity contribution in [3.8, 4) is 0 Å². The molecule has 140 valence electrons. The van der Waals surface area contributed by atoms with Gasteiger partial charge in [-0.2, -0.15) is 0 Å². The lowest BCUT2D eigenvalue weighted by Crippen LogP contribution is -2.41. The van der Waals surface area contributed by atoms with E-state index in [1.807, 2.05) is 11.9 Å². The summed E-state index contributed by atoms with van der Waals surface area (Å²) in [5, 5.41) is 12.0. The van der Waals surface area contributed by atoms with Crippen molar-refractivity contribution in [2.45, 2.75) is 51.7 Å². The molecule has 8 nitrogen and oxygen atoms in total. The number of rotatable bonds is 6. The number of nitrogens with zero attached hydrogens (tertiary/aromatic N) is 7. The molecule has 0 aromatic carbocycles.